The number of hydrogen-bond acceptors (Lipinski definition) is 4. The first-order valence-electron chi connectivity index (χ1n) is 7.19. The van der Waals surface area contributed by atoms with Gasteiger partial charge in [0, 0.05) is 18.8 Å². The molecule has 1 N–H and O–H groups in total. The fourth-order valence-electron chi connectivity index (χ4n) is 2.69. The van der Waals surface area contributed by atoms with Gasteiger partial charge in [0.25, 0.3) is 10.0 Å². The predicted octanol–water partition coefficient (Wildman–Crippen LogP) is 2.02. The molecule has 0 aromatic carbocycles. The zero-order chi connectivity index (χ0) is 14.9. The highest BCUT2D eigenvalue weighted by Gasteiger charge is 2.23. The third-order valence-corrected chi connectivity index (χ3v) is 5.13. The number of sulfonamides is 1. The third kappa shape index (κ3) is 2.80. The molecule has 0 saturated heterocycles. The highest BCUT2D eigenvalue weighted by molar-refractivity contribution is 7.92. The molecule has 21 heavy (non-hydrogen) atoms. The molecule has 0 bridgehead atoms. The second-order valence-corrected chi connectivity index (χ2v) is 6.92. The van der Waals surface area contributed by atoms with Crippen LogP contribution in [0.25, 0.3) is 0 Å². The fraction of sp³-hybridized carbons (Fsp3) is 0.538. The van der Waals surface area contributed by atoms with Gasteiger partial charge in [-0.3, -0.25) is 9.40 Å². The Morgan fingerprint density at radius 1 is 1.33 bits per heavy atom. The summed E-state index contributed by atoms with van der Waals surface area (Å²) in [5.41, 5.74) is 0. The van der Waals surface area contributed by atoms with E-state index >= 15 is 0 Å². The molecule has 0 amide bonds. The summed E-state index contributed by atoms with van der Waals surface area (Å²) >= 11 is 0. The Morgan fingerprint density at radius 2 is 2.10 bits per heavy atom. The number of anilines is 1. The van der Waals surface area contributed by atoms with E-state index in [1.807, 2.05) is 6.92 Å². The zero-order valence-electron chi connectivity index (χ0n) is 11.9. The Morgan fingerprint density at radius 3 is 2.76 bits per heavy atom. The highest BCUT2D eigenvalue weighted by atomic mass is 32.2. The minimum absolute atomic E-state index is 0.170. The molecule has 2 heterocycles. The summed E-state index contributed by atoms with van der Waals surface area (Å²) in [6.07, 6.45) is 8.95. The van der Waals surface area contributed by atoms with Gasteiger partial charge in [-0.05, 0) is 19.8 Å². The van der Waals surface area contributed by atoms with Crippen molar-refractivity contribution in [1.82, 2.24) is 19.6 Å². The first kappa shape index (κ1) is 14.1. The molecule has 1 fully saturated rings. The SMILES string of the molecule is CCn1cc(S(=O)(=O)Nc2ccnn2C2CCCC2)cn1. The summed E-state index contributed by atoms with van der Waals surface area (Å²) in [7, 11) is -3.62. The first-order valence-corrected chi connectivity index (χ1v) is 8.67. The summed E-state index contributed by atoms with van der Waals surface area (Å²) in [5.74, 6) is 0.520. The van der Waals surface area contributed by atoms with E-state index in [0.29, 0.717) is 12.4 Å². The van der Waals surface area contributed by atoms with Crippen molar-refractivity contribution < 1.29 is 8.42 Å². The molecule has 0 aliphatic heterocycles. The van der Waals surface area contributed by atoms with E-state index in [4.69, 9.17) is 0 Å². The van der Waals surface area contributed by atoms with Gasteiger partial charge in [-0.2, -0.15) is 10.2 Å². The molecule has 0 radical (unpaired) electrons. The molecule has 2 aromatic rings. The number of nitrogens with zero attached hydrogens (tertiary/aromatic N) is 4. The number of hydrogen-bond donors (Lipinski definition) is 1. The van der Waals surface area contributed by atoms with E-state index in [-0.39, 0.29) is 10.9 Å². The van der Waals surface area contributed by atoms with E-state index in [9.17, 15) is 8.42 Å². The summed E-state index contributed by atoms with van der Waals surface area (Å²) < 4.78 is 30.8. The Balaban J connectivity index is 1.84. The van der Waals surface area contributed by atoms with Crippen molar-refractivity contribution in [2.45, 2.75) is 50.1 Å². The highest BCUT2D eigenvalue weighted by Crippen LogP contribution is 2.31. The van der Waals surface area contributed by atoms with Gasteiger partial charge < -0.3 is 0 Å². The third-order valence-electron chi connectivity index (χ3n) is 3.82. The largest absolute Gasteiger partial charge is 0.272 e. The van der Waals surface area contributed by atoms with Crippen molar-refractivity contribution in [3.05, 3.63) is 24.7 Å². The molecule has 1 aliphatic carbocycles. The quantitative estimate of drug-likeness (QED) is 0.916. The molecule has 3 rings (SSSR count). The molecule has 1 saturated carbocycles. The van der Waals surface area contributed by atoms with Crippen LogP contribution in [0.3, 0.4) is 0 Å². The molecule has 2 aromatic heterocycles. The van der Waals surface area contributed by atoms with Crippen LogP contribution in [0.2, 0.25) is 0 Å². The summed E-state index contributed by atoms with van der Waals surface area (Å²) in [6, 6.07) is 1.98. The van der Waals surface area contributed by atoms with E-state index < -0.39 is 10.0 Å². The monoisotopic (exact) mass is 309 g/mol. The van der Waals surface area contributed by atoms with Crippen molar-refractivity contribution in [2.24, 2.45) is 0 Å². The van der Waals surface area contributed by atoms with Crippen LogP contribution in [0, 0.1) is 0 Å². The van der Waals surface area contributed by atoms with Crippen LogP contribution >= 0.6 is 0 Å². The number of rotatable bonds is 5. The standard InChI is InChI=1S/C13H19N5O2S/c1-2-17-10-12(9-15-17)21(19,20)16-13-7-8-14-18(13)11-5-3-4-6-11/h7-11,16H,2-6H2,1H3. The van der Waals surface area contributed by atoms with Crippen LogP contribution in [0.1, 0.15) is 38.6 Å². The van der Waals surface area contributed by atoms with Crippen molar-refractivity contribution in [3.63, 3.8) is 0 Å². The molecule has 0 atom stereocenters. The average molecular weight is 309 g/mol. The topological polar surface area (TPSA) is 81.8 Å². The lowest BCUT2D eigenvalue weighted by atomic mass is 10.2. The molecule has 7 nitrogen and oxygen atoms in total. The van der Waals surface area contributed by atoms with Crippen LogP contribution < -0.4 is 4.72 Å². The van der Waals surface area contributed by atoms with Crippen molar-refractivity contribution in [1.29, 1.82) is 0 Å². The van der Waals surface area contributed by atoms with Gasteiger partial charge in [0.05, 0.1) is 18.4 Å². The number of nitrogens with one attached hydrogen (secondary N) is 1. The van der Waals surface area contributed by atoms with Crippen LogP contribution in [0.15, 0.2) is 29.6 Å². The van der Waals surface area contributed by atoms with E-state index in [1.54, 1.807) is 21.6 Å². The van der Waals surface area contributed by atoms with Gasteiger partial charge in [-0.15, -0.1) is 0 Å². The molecular weight excluding hydrogens is 290 g/mol. The van der Waals surface area contributed by atoms with Crippen LogP contribution in [-0.2, 0) is 16.6 Å². The van der Waals surface area contributed by atoms with Crippen molar-refractivity contribution >= 4 is 15.8 Å². The van der Waals surface area contributed by atoms with Gasteiger partial charge >= 0.3 is 0 Å². The van der Waals surface area contributed by atoms with E-state index in [0.717, 1.165) is 12.8 Å². The molecule has 0 unspecified atom stereocenters. The maximum Gasteiger partial charge on any atom is 0.266 e. The lowest BCUT2D eigenvalue weighted by molar-refractivity contribution is 0.473. The van der Waals surface area contributed by atoms with Crippen molar-refractivity contribution in [2.75, 3.05) is 4.72 Å². The van der Waals surface area contributed by atoms with Crippen LogP contribution in [-0.4, -0.2) is 28.0 Å². The fourth-order valence-corrected chi connectivity index (χ4v) is 3.69. The smallest absolute Gasteiger partial charge is 0.266 e. The number of aromatic nitrogens is 4. The van der Waals surface area contributed by atoms with Gasteiger partial charge in [-0.1, -0.05) is 12.8 Å². The molecule has 1 aliphatic rings. The average Bonchev–Trinajstić information content (AvgIpc) is 3.19. The summed E-state index contributed by atoms with van der Waals surface area (Å²) in [4.78, 5) is 0.170. The van der Waals surface area contributed by atoms with Gasteiger partial charge in [-0.25, -0.2) is 13.1 Å². The predicted molar refractivity (Wildman–Crippen MR) is 78.4 cm³/mol. The van der Waals surface area contributed by atoms with Crippen LogP contribution in [0.4, 0.5) is 5.82 Å². The Hall–Kier alpha value is -1.83. The van der Waals surface area contributed by atoms with Gasteiger partial charge in [0.15, 0.2) is 0 Å². The lowest BCUT2D eigenvalue weighted by Crippen LogP contribution is -2.17. The normalized spacial score (nSPS) is 16.4. The van der Waals surface area contributed by atoms with Gasteiger partial charge in [0.1, 0.15) is 10.7 Å². The van der Waals surface area contributed by atoms with Gasteiger partial charge in [0.2, 0.25) is 0 Å². The summed E-state index contributed by atoms with van der Waals surface area (Å²) in [6.45, 7) is 2.54. The Kier molecular flexibility index (Phi) is 3.71. The molecular formula is C13H19N5O2S. The van der Waals surface area contributed by atoms with E-state index in [1.165, 1.54) is 25.2 Å². The first-order chi connectivity index (χ1) is 10.1. The maximum atomic E-state index is 12.4. The minimum Gasteiger partial charge on any atom is -0.272 e. The molecule has 114 valence electrons. The maximum absolute atomic E-state index is 12.4. The second kappa shape index (κ2) is 5.51. The minimum atomic E-state index is -3.62. The zero-order valence-corrected chi connectivity index (χ0v) is 12.8. The van der Waals surface area contributed by atoms with Crippen LogP contribution in [0.5, 0.6) is 0 Å². The molecule has 8 heteroatoms. The van der Waals surface area contributed by atoms with Crippen molar-refractivity contribution in [3.8, 4) is 0 Å². The van der Waals surface area contributed by atoms with E-state index in [2.05, 4.69) is 14.9 Å². The Bertz CT molecular complexity index is 713. The molecule has 0 spiro atoms. The lowest BCUT2D eigenvalue weighted by Gasteiger charge is -2.14. The summed E-state index contributed by atoms with van der Waals surface area (Å²) in [5, 5.41) is 8.27. The Labute approximate surface area is 124 Å². The number of aryl methyl sites for hydroxylation is 1. The second-order valence-electron chi connectivity index (χ2n) is 5.24.